The Hall–Kier alpha value is -1.73. The Morgan fingerprint density at radius 1 is 1.71 bits per heavy atom. The summed E-state index contributed by atoms with van der Waals surface area (Å²) in [7, 11) is 0. The fourth-order valence-electron chi connectivity index (χ4n) is 1.30. The van der Waals surface area contributed by atoms with Crippen molar-refractivity contribution in [2.24, 2.45) is 0 Å². The van der Waals surface area contributed by atoms with E-state index in [4.69, 9.17) is 11.6 Å². The van der Waals surface area contributed by atoms with E-state index in [2.05, 4.69) is 16.5 Å². The molecule has 0 aliphatic carbocycles. The summed E-state index contributed by atoms with van der Waals surface area (Å²) < 4.78 is 1.29. The van der Waals surface area contributed by atoms with Crippen molar-refractivity contribution in [2.75, 3.05) is 0 Å². The summed E-state index contributed by atoms with van der Waals surface area (Å²) in [6.45, 7) is 3.53. The monoisotopic (exact) mass is 270 g/mol. The normalized spacial score (nSPS) is 10.4. The Kier molecular flexibility index (Phi) is 3.21. The van der Waals surface area contributed by atoms with Gasteiger partial charge in [-0.25, -0.2) is 9.97 Å². The number of imidazole rings is 1. The molecule has 0 aliphatic rings. The van der Waals surface area contributed by atoms with Crippen LogP contribution in [0.15, 0.2) is 18.2 Å². The highest BCUT2D eigenvalue weighted by atomic mass is 35.5. The number of nitrogens with zero attached hydrogens (tertiary/aromatic N) is 4. The van der Waals surface area contributed by atoms with Gasteiger partial charge in [-0.1, -0.05) is 6.58 Å². The molecule has 0 unspecified atom stereocenters. The van der Waals surface area contributed by atoms with E-state index < -0.39 is 4.92 Å². The minimum atomic E-state index is -0.520. The lowest BCUT2D eigenvalue weighted by Crippen LogP contribution is -1.97. The smallest absolute Gasteiger partial charge is 0.347 e. The van der Waals surface area contributed by atoms with Gasteiger partial charge in [0.1, 0.15) is 6.20 Å². The first-order chi connectivity index (χ1) is 8.17. The zero-order chi connectivity index (χ0) is 12.4. The quantitative estimate of drug-likeness (QED) is 0.486. The van der Waals surface area contributed by atoms with E-state index in [9.17, 15) is 10.1 Å². The average molecular weight is 271 g/mol. The summed E-state index contributed by atoms with van der Waals surface area (Å²) in [5.41, 5.74) is 0.716. The van der Waals surface area contributed by atoms with Gasteiger partial charge in [0.25, 0.3) is 5.82 Å². The summed E-state index contributed by atoms with van der Waals surface area (Å²) in [4.78, 5) is 18.4. The number of thiazole rings is 1. The van der Waals surface area contributed by atoms with Gasteiger partial charge in [0.2, 0.25) is 0 Å². The van der Waals surface area contributed by atoms with Crippen LogP contribution in [0.4, 0.5) is 5.82 Å². The first kappa shape index (κ1) is 11.7. The molecule has 0 saturated carbocycles. The number of alkyl halides is 1. The van der Waals surface area contributed by atoms with Crippen LogP contribution in [0.3, 0.4) is 0 Å². The van der Waals surface area contributed by atoms with Crippen molar-refractivity contribution >= 4 is 35.0 Å². The second-order valence-electron chi connectivity index (χ2n) is 3.03. The van der Waals surface area contributed by atoms with E-state index in [1.165, 1.54) is 28.3 Å². The SMILES string of the molecule is C=Cn1c([N+](=O)[O-])cnc1-c1nc(CCl)cs1. The van der Waals surface area contributed by atoms with Crippen LogP contribution in [0.1, 0.15) is 5.69 Å². The van der Waals surface area contributed by atoms with Gasteiger partial charge in [0.05, 0.1) is 17.8 Å². The lowest BCUT2D eigenvalue weighted by atomic mass is 10.5. The van der Waals surface area contributed by atoms with Crippen LogP contribution in [-0.2, 0) is 5.88 Å². The van der Waals surface area contributed by atoms with Crippen molar-refractivity contribution in [3.8, 4) is 10.8 Å². The lowest BCUT2D eigenvalue weighted by molar-refractivity contribution is -0.390. The van der Waals surface area contributed by atoms with Gasteiger partial charge < -0.3 is 10.1 Å². The molecule has 0 aromatic carbocycles. The molecule has 6 nitrogen and oxygen atoms in total. The summed E-state index contributed by atoms with van der Waals surface area (Å²) in [6.07, 6.45) is 2.51. The third-order valence-electron chi connectivity index (χ3n) is 2.03. The minimum Gasteiger partial charge on any atom is -0.358 e. The van der Waals surface area contributed by atoms with Crippen LogP contribution in [0.5, 0.6) is 0 Å². The number of halogens is 1. The van der Waals surface area contributed by atoms with E-state index in [0.717, 1.165) is 0 Å². The van der Waals surface area contributed by atoms with Crippen LogP contribution in [0, 0.1) is 10.1 Å². The molecular weight excluding hydrogens is 264 g/mol. The molecule has 17 heavy (non-hydrogen) atoms. The molecule has 0 radical (unpaired) electrons. The molecule has 88 valence electrons. The molecule has 0 N–H and O–H groups in total. The van der Waals surface area contributed by atoms with Crippen molar-refractivity contribution < 1.29 is 4.92 Å². The van der Waals surface area contributed by atoms with Crippen molar-refractivity contribution in [3.05, 3.63) is 34.0 Å². The predicted octanol–water partition coefficient (Wildman–Crippen LogP) is 2.75. The van der Waals surface area contributed by atoms with Crippen molar-refractivity contribution in [1.82, 2.24) is 14.5 Å². The van der Waals surface area contributed by atoms with E-state index in [0.29, 0.717) is 22.4 Å². The van der Waals surface area contributed by atoms with Crippen molar-refractivity contribution in [1.29, 1.82) is 0 Å². The lowest BCUT2D eigenvalue weighted by Gasteiger charge is -1.95. The van der Waals surface area contributed by atoms with Gasteiger partial charge in [-0.2, -0.15) is 4.57 Å². The molecule has 2 aromatic heterocycles. The highest BCUT2D eigenvalue weighted by Crippen LogP contribution is 2.27. The Morgan fingerprint density at radius 2 is 2.47 bits per heavy atom. The molecule has 0 atom stereocenters. The largest absolute Gasteiger partial charge is 0.358 e. The second-order valence-corrected chi connectivity index (χ2v) is 4.15. The molecule has 2 rings (SSSR count). The van der Waals surface area contributed by atoms with Crippen LogP contribution in [0.25, 0.3) is 17.0 Å². The Balaban J connectivity index is 2.52. The summed E-state index contributed by atoms with van der Waals surface area (Å²) in [6, 6.07) is 0. The van der Waals surface area contributed by atoms with Crippen LogP contribution in [-0.4, -0.2) is 19.5 Å². The van der Waals surface area contributed by atoms with E-state index in [-0.39, 0.29) is 5.82 Å². The van der Waals surface area contributed by atoms with Crippen molar-refractivity contribution in [3.63, 3.8) is 0 Å². The van der Waals surface area contributed by atoms with E-state index >= 15 is 0 Å². The molecular formula is C9H7ClN4O2S. The van der Waals surface area contributed by atoms with E-state index in [1.807, 2.05) is 0 Å². The van der Waals surface area contributed by atoms with Gasteiger partial charge >= 0.3 is 5.82 Å². The number of nitro groups is 1. The molecule has 2 aromatic rings. The Bertz CT molecular complexity index is 577. The molecule has 0 spiro atoms. The molecule has 0 saturated heterocycles. The third-order valence-corrected chi connectivity index (χ3v) is 3.19. The van der Waals surface area contributed by atoms with Gasteiger partial charge in [-0.05, 0) is 4.92 Å². The first-order valence-corrected chi connectivity index (χ1v) is 5.93. The molecule has 0 fully saturated rings. The zero-order valence-corrected chi connectivity index (χ0v) is 10.1. The highest BCUT2D eigenvalue weighted by Gasteiger charge is 2.21. The molecule has 0 aliphatic heterocycles. The Labute approximate surface area is 105 Å². The van der Waals surface area contributed by atoms with Crippen molar-refractivity contribution in [2.45, 2.75) is 5.88 Å². The van der Waals surface area contributed by atoms with Crippen LogP contribution < -0.4 is 0 Å². The fourth-order valence-corrected chi connectivity index (χ4v) is 2.33. The van der Waals surface area contributed by atoms with Gasteiger partial charge in [-0.3, -0.25) is 0 Å². The molecule has 0 bridgehead atoms. The number of hydrogen-bond acceptors (Lipinski definition) is 5. The average Bonchev–Trinajstić information content (AvgIpc) is 2.94. The number of hydrogen-bond donors (Lipinski definition) is 0. The maximum absolute atomic E-state index is 10.7. The maximum atomic E-state index is 10.7. The summed E-state index contributed by atoms with van der Waals surface area (Å²) in [5, 5.41) is 13.1. The maximum Gasteiger partial charge on any atom is 0.347 e. The second kappa shape index (κ2) is 4.64. The third kappa shape index (κ3) is 2.06. The fraction of sp³-hybridized carbons (Fsp3) is 0.111. The van der Waals surface area contributed by atoms with Crippen LogP contribution >= 0.6 is 22.9 Å². The molecule has 0 amide bonds. The molecule has 2 heterocycles. The number of rotatable bonds is 4. The summed E-state index contributed by atoms with van der Waals surface area (Å²) >= 11 is 6.98. The predicted molar refractivity (Wildman–Crippen MR) is 65.9 cm³/mol. The molecule has 8 heteroatoms. The summed E-state index contributed by atoms with van der Waals surface area (Å²) in [5.74, 6) is 0.554. The minimum absolute atomic E-state index is 0.141. The topological polar surface area (TPSA) is 73.8 Å². The Morgan fingerprint density at radius 3 is 3.00 bits per heavy atom. The first-order valence-electron chi connectivity index (χ1n) is 4.52. The van der Waals surface area contributed by atoms with Crippen LogP contribution in [0.2, 0.25) is 0 Å². The van der Waals surface area contributed by atoms with E-state index in [1.54, 1.807) is 5.38 Å². The number of aromatic nitrogens is 3. The zero-order valence-electron chi connectivity index (χ0n) is 8.54. The van der Waals surface area contributed by atoms with Gasteiger partial charge in [0.15, 0.2) is 5.01 Å². The highest BCUT2D eigenvalue weighted by molar-refractivity contribution is 7.13. The van der Waals surface area contributed by atoms with Gasteiger partial charge in [-0.15, -0.1) is 22.9 Å². The standard InChI is InChI=1S/C9H7ClN4O2S/c1-2-13-7(14(15)16)4-11-8(13)9-12-6(3-10)5-17-9/h2,4-5H,1,3H2. The van der Waals surface area contributed by atoms with Gasteiger partial charge in [0, 0.05) is 5.38 Å².